The van der Waals surface area contributed by atoms with Crippen LogP contribution in [0.1, 0.15) is 20.3 Å². The van der Waals surface area contributed by atoms with E-state index in [4.69, 9.17) is 0 Å². The Morgan fingerprint density at radius 3 is 2.29 bits per heavy atom. The third-order valence-corrected chi connectivity index (χ3v) is 2.09. The number of hydrogen-bond donors (Lipinski definition) is 0. The van der Waals surface area contributed by atoms with Gasteiger partial charge in [0, 0.05) is 14.2 Å². The van der Waals surface area contributed by atoms with Crippen LogP contribution < -0.4 is 4.89 Å². The van der Waals surface area contributed by atoms with Gasteiger partial charge < -0.3 is 4.89 Å². The molecule has 0 aromatic carbocycles. The first-order valence-corrected chi connectivity index (χ1v) is 4.09. The Labute approximate surface area is 45.8 Å². The highest BCUT2D eigenvalue weighted by Gasteiger charge is 1.82. The first-order chi connectivity index (χ1) is 3.31. The second kappa shape index (κ2) is 4.29. The minimum atomic E-state index is -0.953. The van der Waals surface area contributed by atoms with E-state index in [1.807, 2.05) is 19.6 Å². The molecule has 0 radical (unpaired) electrons. The van der Waals surface area contributed by atoms with E-state index in [0.717, 1.165) is 12.6 Å². The monoisotopic (exact) mass is 118 g/mol. The van der Waals surface area contributed by atoms with Crippen LogP contribution in [0.25, 0.3) is 0 Å². The number of rotatable bonds is 2. The first kappa shape index (κ1) is 7.13. The van der Waals surface area contributed by atoms with E-state index in [1.165, 1.54) is 0 Å². The summed E-state index contributed by atoms with van der Waals surface area (Å²) in [4.78, 5) is 10.5. The van der Waals surface area contributed by atoms with Crippen molar-refractivity contribution in [2.45, 2.75) is 20.3 Å². The topological polar surface area (TPSA) is 23.1 Å². The highest BCUT2D eigenvalue weighted by molar-refractivity contribution is 7.49. The van der Waals surface area contributed by atoms with E-state index in [2.05, 4.69) is 0 Å². The molecule has 0 saturated heterocycles. The molecule has 0 rings (SSSR count). The van der Waals surface area contributed by atoms with Crippen LogP contribution in [0, 0.1) is 0 Å². The molecule has 0 fully saturated rings. The van der Waals surface area contributed by atoms with Gasteiger partial charge in [0.2, 0.25) is 0 Å². The lowest BCUT2D eigenvalue weighted by Gasteiger charge is -1.87. The SMILES string of the molecule is CCC=[P+]([O-])CC. The summed E-state index contributed by atoms with van der Waals surface area (Å²) in [6.07, 6.45) is 1.73. The van der Waals surface area contributed by atoms with Crippen molar-refractivity contribution >= 4 is 13.6 Å². The van der Waals surface area contributed by atoms with Crippen LogP contribution in [0.15, 0.2) is 0 Å². The summed E-state index contributed by atoms with van der Waals surface area (Å²) in [5.74, 6) is 1.86. The van der Waals surface area contributed by atoms with Crippen LogP contribution in [0.4, 0.5) is 0 Å². The zero-order chi connectivity index (χ0) is 5.70. The maximum absolute atomic E-state index is 10.5. The van der Waals surface area contributed by atoms with Gasteiger partial charge in [-0.25, -0.2) is 0 Å². The molecule has 1 unspecified atom stereocenters. The van der Waals surface area contributed by atoms with Gasteiger partial charge in [0.1, 0.15) is 0 Å². The Hall–Kier alpha value is 0.130. The van der Waals surface area contributed by atoms with Gasteiger partial charge in [0.05, 0.1) is 12.0 Å². The average Bonchev–Trinajstić information content (AvgIpc) is 1.68. The first-order valence-electron chi connectivity index (χ1n) is 2.58. The average molecular weight is 118 g/mol. The van der Waals surface area contributed by atoms with Crippen molar-refractivity contribution in [1.29, 1.82) is 0 Å². The predicted molar refractivity (Wildman–Crippen MR) is 33.8 cm³/mol. The summed E-state index contributed by atoms with van der Waals surface area (Å²) < 4.78 is 0. The normalized spacial score (nSPS) is 12.1. The molecule has 42 valence electrons. The fourth-order valence-electron chi connectivity index (χ4n) is 0.333. The largest absolute Gasteiger partial charge is 0.631 e. The highest BCUT2D eigenvalue weighted by atomic mass is 31.1. The van der Waals surface area contributed by atoms with Gasteiger partial charge in [0.25, 0.3) is 0 Å². The molecule has 0 heterocycles. The van der Waals surface area contributed by atoms with Crippen molar-refractivity contribution in [2.24, 2.45) is 0 Å². The van der Waals surface area contributed by atoms with Crippen LogP contribution in [0.5, 0.6) is 0 Å². The summed E-state index contributed by atoms with van der Waals surface area (Å²) in [5, 5.41) is 0. The third-order valence-electron chi connectivity index (χ3n) is 0.698. The molecule has 0 aliphatic heterocycles. The van der Waals surface area contributed by atoms with E-state index < -0.39 is 7.77 Å². The van der Waals surface area contributed by atoms with Crippen LogP contribution >= 0.6 is 7.77 Å². The molecule has 7 heavy (non-hydrogen) atoms. The van der Waals surface area contributed by atoms with Crippen LogP contribution in [0.2, 0.25) is 0 Å². The lowest BCUT2D eigenvalue weighted by atomic mass is 10.6. The summed E-state index contributed by atoms with van der Waals surface area (Å²) in [6.45, 7) is 3.94. The van der Waals surface area contributed by atoms with Gasteiger partial charge in [-0.2, -0.15) is 0 Å². The predicted octanol–water partition coefficient (Wildman–Crippen LogP) is 0.976. The number of hydrogen-bond acceptors (Lipinski definition) is 1. The van der Waals surface area contributed by atoms with E-state index in [-0.39, 0.29) is 0 Å². The standard InChI is InChI=1S/C5H11OP/c1-3-5-7(6)4-2/h5H,3-4H2,1-2H3. The van der Waals surface area contributed by atoms with E-state index >= 15 is 0 Å². The van der Waals surface area contributed by atoms with Gasteiger partial charge >= 0.3 is 0 Å². The molecule has 0 saturated carbocycles. The fourth-order valence-corrected chi connectivity index (χ4v) is 0.998. The van der Waals surface area contributed by atoms with Gasteiger partial charge in [-0.05, 0) is 6.92 Å². The molecular weight excluding hydrogens is 107 g/mol. The quantitative estimate of drug-likeness (QED) is 0.495. The minimum Gasteiger partial charge on any atom is -0.631 e. The molecule has 2 heteroatoms. The van der Waals surface area contributed by atoms with Gasteiger partial charge in [-0.15, -0.1) is 0 Å². The molecule has 0 N–H and O–H groups in total. The molecule has 0 aliphatic carbocycles. The van der Waals surface area contributed by atoms with E-state index in [0.29, 0.717) is 0 Å². The molecule has 1 nitrogen and oxygen atoms in total. The van der Waals surface area contributed by atoms with Crippen molar-refractivity contribution in [2.75, 3.05) is 6.16 Å². The molecule has 0 aliphatic rings. The highest BCUT2D eigenvalue weighted by Crippen LogP contribution is 2.06. The zero-order valence-electron chi connectivity index (χ0n) is 4.85. The van der Waals surface area contributed by atoms with Crippen LogP contribution in [0.3, 0.4) is 0 Å². The summed E-state index contributed by atoms with van der Waals surface area (Å²) in [7, 11) is -0.953. The van der Waals surface area contributed by atoms with Crippen LogP contribution in [-0.4, -0.2) is 12.0 Å². The zero-order valence-corrected chi connectivity index (χ0v) is 5.74. The second-order valence-electron chi connectivity index (χ2n) is 1.32. The molecule has 0 aromatic heterocycles. The lowest BCUT2D eigenvalue weighted by molar-refractivity contribution is -0.152. The molecule has 0 spiro atoms. The van der Waals surface area contributed by atoms with Crippen molar-refractivity contribution in [3.63, 3.8) is 0 Å². The Morgan fingerprint density at radius 1 is 1.57 bits per heavy atom. The second-order valence-corrected chi connectivity index (χ2v) is 3.16. The molecule has 0 amide bonds. The maximum Gasteiger partial charge on any atom is 0.0994 e. The summed E-state index contributed by atoms with van der Waals surface area (Å²) in [6, 6.07) is 0. The Morgan fingerprint density at radius 2 is 2.14 bits per heavy atom. The molecule has 0 bridgehead atoms. The summed E-state index contributed by atoms with van der Waals surface area (Å²) >= 11 is 0. The molecule has 0 aromatic rings. The van der Waals surface area contributed by atoms with Crippen molar-refractivity contribution in [3.8, 4) is 0 Å². The molecule has 1 atom stereocenters. The maximum atomic E-state index is 10.5. The van der Waals surface area contributed by atoms with E-state index in [1.54, 1.807) is 0 Å². The van der Waals surface area contributed by atoms with Crippen molar-refractivity contribution in [1.82, 2.24) is 0 Å². The van der Waals surface area contributed by atoms with Gasteiger partial charge in [-0.3, -0.25) is 0 Å². The smallest absolute Gasteiger partial charge is 0.0994 e. The van der Waals surface area contributed by atoms with E-state index in [9.17, 15) is 4.89 Å². The summed E-state index contributed by atoms with van der Waals surface area (Å²) in [5.41, 5.74) is 0. The minimum absolute atomic E-state index is 0.795. The van der Waals surface area contributed by atoms with Crippen molar-refractivity contribution in [3.05, 3.63) is 0 Å². The Bertz CT molecular complexity index is 68.5. The van der Waals surface area contributed by atoms with Gasteiger partial charge in [0.15, 0.2) is 0 Å². The Kier molecular flexibility index (Phi) is 4.37. The van der Waals surface area contributed by atoms with Gasteiger partial charge in [-0.1, -0.05) is 6.92 Å². The van der Waals surface area contributed by atoms with Crippen LogP contribution in [-0.2, 0) is 0 Å². The lowest BCUT2D eigenvalue weighted by Crippen LogP contribution is -1.90. The fraction of sp³-hybridized carbons (Fsp3) is 0.800. The Balaban J connectivity index is 3.29. The van der Waals surface area contributed by atoms with Crippen molar-refractivity contribution < 1.29 is 4.89 Å². The third kappa shape index (κ3) is 3.97. The molecular formula is C5H11OP.